The minimum Gasteiger partial charge on any atom is -0.254 e. The van der Waals surface area contributed by atoms with Gasteiger partial charge in [0.05, 0.1) is 15.0 Å². The second-order valence-electron chi connectivity index (χ2n) is 2.56. The molecule has 0 aliphatic heterocycles. The number of hydrogen-bond donors (Lipinski definition) is 0. The normalized spacial score (nSPS) is 14.5. The van der Waals surface area contributed by atoms with Gasteiger partial charge in [-0.15, -0.1) is 0 Å². The summed E-state index contributed by atoms with van der Waals surface area (Å²) in [4.78, 5) is 0. The second kappa shape index (κ2) is 9.16. The van der Waals surface area contributed by atoms with Gasteiger partial charge < -0.3 is 0 Å². The van der Waals surface area contributed by atoms with Gasteiger partial charge in [0.25, 0.3) is 0 Å². The summed E-state index contributed by atoms with van der Waals surface area (Å²) in [5, 5.41) is 0. The fraction of sp³-hybridized carbons (Fsp3) is 0.778. The van der Waals surface area contributed by atoms with Crippen molar-refractivity contribution in [3.8, 4) is 0 Å². The zero-order chi connectivity index (χ0) is 10.1. The highest BCUT2D eigenvalue weighted by Crippen LogP contribution is 2.32. The predicted molar refractivity (Wildman–Crippen MR) is 67.4 cm³/mol. The van der Waals surface area contributed by atoms with Gasteiger partial charge in [0, 0.05) is 11.5 Å². The van der Waals surface area contributed by atoms with Crippen LogP contribution in [0, 0.1) is 0 Å². The minimum absolute atomic E-state index is 0.758. The Bertz CT molecular complexity index is 178. The van der Waals surface area contributed by atoms with E-state index in [0.717, 1.165) is 22.2 Å². The van der Waals surface area contributed by atoms with E-state index in [2.05, 4.69) is 13.8 Å². The van der Waals surface area contributed by atoms with Gasteiger partial charge >= 0.3 is 0 Å². The molecule has 0 aromatic rings. The topological polar surface area (TPSA) is 17.1 Å². The Balaban J connectivity index is 3.83. The van der Waals surface area contributed by atoms with Gasteiger partial charge in [-0.2, -0.15) is 0 Å². The van der Waals surface area contributed by atoms with E-state index in [4.69, 9.17) is 0 Å². The van der Waals surface area contributed by atoms with Crippen LogP contribution in [0.25, 0.3) is 0 Å². The summed E-state index contributed by atoms with van der Waals surface area (Å²) in [6.45, 7) is 6.18. The SMILES string of the molecule is CC=C(SSCCC)S(=O)CCC. The van der Waals surface area contributed by atoms with E-state index in [1.54, 1.807) is 21.6 Å². The standard InChI is InChI=1S/C9H18OS3/c1-4-7-11-12-9(6-3)13(10)8-5-2/h6H,4-5,7-8H2,1-3H3. The lowest BCUT2D eigenvalue weighted by molar-refractivity contribution is 0.687. The Morgan fingerprint density at radius 3 is 2.54 bits per heavy atom. The maximum Gasteiger partial charge on any atom is 0.0781 e. The van der Waals surface area contributed by atoms with Crippen molar-refractivity contribution in [3.05, 3.63) is 10.3 Å². The van der Waals surface area contributed by atoms with E-state index in [0.29, 0.717) is 0 Å². The fourth-order valence-corrected chi connectivity index (χ4v) is 5.04. The molecule has 13 heavy (non-hydrogen) atoms. The molecule has 0 fully saturated rings. The molecule has 1 unspecified atom stereocenters. The van der Waals surface area contributed by atoms with Crippen LogP contribution in [0.15, 0.2) is 10.3 Å². The Labute approximate surface area is 92.0 Å². The van der Waals surface area contributed by atoms with E-state index < -0.39 is 10.8 Å². The summed E-state index contributed by atoms with van der Waals surface area (Å²) in [6, 6.07) is 0. The van der Waals surface area contributed by atoms with E-state index >= 15 is 0 Å². The molecule has 0 amide bonds. The Kier molecular flexibility index (Phi) is 9.57. The average molecular weight is 238 g/mol. The van der Waals surface area contributed by atoms with Crippen molar-refractivity contribution in [3.63, 3.8) is 0 Å². The maximum atomic E-state index is 11.6. The minimum atomic E-state index is -0.758. The van der Waals surface area contributed by atoms with Gasteiger partial charge in [-0.3, -0.25) is 4.21 Å². The average Bonchev–Trinajstić information content (AvgIpc) is 2.13. The predicted octanol–water partition coefficient (Wildman–Crippen LogP) is 3.80. The molecule has 0 aliphatic carbocycles. The van der Waals surface area contributed by atoms with Crippen molar-refractivity contribution in [1.82, 2.24) is 0 Å². The third-order valence-electron chi connectivity index (χ3n) is 1.28. The number of hydrogen-bond acceptors (Lipinski definition) is 3. The van der Waals surface area contributed by atoms with Crippen LogP contribution in [0.1, 0.15) is 33.6 Å². The first-order valence-corrected chi connectivity index (χ1v) is 8.24. The van der Waals surface area contributed by atoms with Gasteiger partial charge in [0.15, 0.2) is 0 Å². The largest absolute Gasteiger partial charge is 0.254 e. The second-order valence-corrected chi connectivity index (χ2v) is 6.82. The first kappa shape index (κ1) is 13.6. The zero-order valence-electron chi connectivity index (χ0n) is 8.54. The molecule has 0 saturated carbocycles. The number of allylic oxidation sites excluding steroid dienone is 1. The van der Waals surface area contributed by atoms with E-state index in [1.165, 1.54) is 6.42 Å². The lowest BCUT2D eigenvalue weighted by Gasteiger charge is -2.03. The molecule has 1 atom stereocenters. The van der Waals surface area contributed by atoms with Gasteiger partial charge in [0.1, 0.15) is 0 Å². The third-order valence-corrected chi connectivity index (χ3v) is 6.35. The molecule has 0 rings (SSSR count). The summed E-state index contributed by atoms with van der Waals surface area (Å²) in [5.41, 5.74) is 0. The van der Waals surface area contributed by atoms with Crippen LogP contribution in [0.2, 0.25) is 0 Å². The van der Waals surface area contributed by atoms with Crippen molar-refractivity contribution >= 4 is 32.4 Å². The van der Waals surface area contributed by atoms with Crippen molar-refractivity contribution in [2.24, 2.45) is 0 Å². The highest BCUT2D eigenvalue weighted by atomic mass is 33.1. The molecule has 0 aromatic carbocycles. The molecule has 0 aliphatic rings. The smallest absolute Gasteiger partial charge is 0.0781 e. The Morgan fingerprint density at radius 2 is 2.08 bits per heavy atom. The first-order valence-electron chi connectivity index (χ1n) is 4.60. The molecule has 0 saturated heterocycles. The molecule has 0 aromatic heterocycles. The fourth-order valence-electron chi connectivity index (χ4n) is 0.687. The van der Waals surface area contributed by atoms with Gasteiger partial charge in [0.2, 0.25) is 0 Å². The van der Waals surface area contributed by atoms with Crippen molar-refractivity contribution < 1.29 is 4.21 Å². The van der Waals surface area contributed by atoms with Crippen LogP contribution in [0.5, 0.6) is 0 Å². The molecule has 0 heterocycles. The monoisotopic (exact) mass is 238 g/mol. The molecule has 78 valence electrons. The lowest BCUT2D eigenvalue weighted by Crippen LogP contribution is -1.95. The van der Waals surface area contributed by atoms with Crippen molar-refractivity contribution in [2.45, 2.75) is 33.6 Å². The summed E-state index contributed by atoms with van der Waals surface area (Å²) in [5.74, 6) is 1.92. The summed E-state index contributed by atoms with van der Waals surface area (Å²) in [7, 11) is 2.71. The maximum absolute atomic E-state index is 11.6. The summed E-state index contributed by atoms with van der Waals surface area (Å²) >= 11 is 0. The van der Waals surface area contributed by atoms with Gasteiger partial charge in [-0.05, 0) is 30.6 Å². The zero-order valence-corrected chi connectivity index (χ0v) is 11.0. The molecule has 4 heteroatoms. The van der Waals surface area contributed by atoms with Crippen molar-refractivity contribution in [2.75, 3.05) is 11.5 Å². The third kappa shape index (κ3) is 6.63. The Hall–Kier alpha value is 0.590. The van der Waals surface area contributed by atoms with E-state index in [-0.39, 0.29) is 0 Å². The highest BCUT2D eigenvalue weighted by Gasteiger charge is 2.05. The molecule has 0 N–H and O–H groups in total. The first-order chi connectivity index (χ1) is 6.26. The highest BCUT2D eigenvalue weighted by molar-refractivity contribution is 8.79. The quantitative estimate of drug-likeness (QED) is 0.496. The van der Waals surface area contributed by atoms with Crippen LogP contribution in [-0.2, 0) is 10.8 Å². The molecule has 0 spiro atoms. The number of rotatable bonds is 7. The van der Waals surface area contributed by atoms with Crippen LogP contribution >= 0.6 is 21.6 Å². The molecule has 0 radical (unpaired) electrons. The van der Waals surface area contributed by atoms with Gasteiger partial charge in [-0.25, -0.2) is 0 Å². The Morgan fingerprint density at radius 1 is 1.38 bits per heavy atom. The van der Waals surface area contributed by atoms with E-state index in [1.807, 2.05) is 13.0 Å². The molecule has 0 bridgehead atoms. The summed E-state index contributed by atoms with van der Waals surface area (Å²) < 4.78 is 12.6. The van der Waals surface area contributed by atoms with Gasteiger partial charge in [-0.1, -0.05) is 30.7 Å². The van der Waals surface area contributed by atoms with Crippen LogP contribution in [0.3, 0.4) is 0 Å². The van der Waals surface area contributed by atoms with Crippen LogP contribution in [0.4, 0.5) is 0 Å². The molecular formula is C9H18OS3. The molecule has 1 nitrogen and oxygen atoms in total. The molecular weight excluding hydrogens is 220 g/mol. The van der Waals surface area contributed by atoms with E-state index in [9.17, 15) is 4.21 Å². The van der Waals surface area contributed by atoms with Crippen LogP contribution < -0.4 is 0 Å². The lowest BCUT2D eigenvalue weighted by atomic mass is 10.6. The van der Waals surface area contributed by atoms with Crippen LogP contribution in [-0.4, -0.2) is 15.7 Å². The van der Waals surface area contributed by atoms with Crippen molar-refractivity contribution in [1.29, 1.82) is 0 Å². The summed E-state index contributed by atoms with van der Waals surface area (Å²) in [6.07, 6.45) is 4.14.